The summed E-state index contributed by atoms with van der Waals surface area (Å²) in [5, 5.41) is 3.40. The van der Waals surface area contributed by atoms with Crippen molar-refractivity contribution >= 4 is 33.2 Å². The maximum absolute atomic E-state index is 13.2. The van der Waals surface area contributed by atoms with Crippen LogP contribution in [0.3, 0.4) is 0 Å². The van der Waals surface area contributed by atoms with Gasteiger partial charge in [0.25, 0.3) is 0 Å². The van der Waals surface area contributed by atoms with E-state index in [1.165, 1.54) is 10.8 Å². The highest BCUT2D eigenvalue weighted by atomic mass is 16.5. The Kier molecular flexibility index (Phi) is 6.84. The van der Waals surface area contributed by atoms with Crippen LogP contribution in [-0.4, -0.2) is 55.0 Å². The minimum atomic E-state index is 0.0601. The van der Waals surface area contributed by atoms with Gasteiger partial charge in [0, 0.05) is 54.3 Å². The predicted octanol–water partition coefficient (Wildman–Crippen LogP) is 6.53. The molecule has 0 radical (unpaired) electrons. The lowest BCUT2D eigenvalue weighted by molar-refractivity contribution is -0.127. The number of fused-ring (bicyclic) bond motifs is 2. The van der Waals surface area contributed by atoms with Crippen LogP contribution in [0.5, 0.6) is 5.75 Å². The molecule has 1 aliphatic heterocycles. The molecule has 0 unspecified atom stereocenters. The molecule has 2 heterocycles. The minimum absolute atomic E-state index is 0.0601. The Bertz CT molecular complexity index is 1440. The third-order valence-corrected chi connectivity index (χ3v) is 7.31. The van der Waals surface area contributed by atoms with E-state index >= 15 is 0 Å². The molecule has 5 nitrogen and oxygen atoms in total. The van der Waals surface area contributed by atoms with E-state index in [0.29, 0.717) is 6.61 Å². The highest BCUT2D eigenvalue weighted by molar-refractivity contribution is 6.07. The number of nitrogens with zero attached hydrogens (tertiary/aromatic N) is 2. The summed E-state index contributed by atoms with van der Waals surface area (Å²) in [7, 11) is 0. The van der Waals surface area contributed by atoms with Crippen molar-refractivity contribution in [1.82, 2.24) is 9.80 Å². The van der Waals surface area contributed by atoms with Crippen LogP contribution in [0.25, 0.3) is 38.4 Å². The van der Waals surface area contributed by atoms with Crippen molar-refractivity contribution < 1.29 is 13.9 Å². The number of benzene rings is 3. The number of piperazine rings is 1. The first kappa shape index (κ1) is 24.1. The topological polar surface area (TPSA) is 45.9 Å². The van der Waals surface area contributed by atoms with Gasteiger partial charge in [-0.3, -0.25) is 4.79 Å². The molecule has 1 saturated heterocycles. The third-order valence-electron chi connectivity index (χ3n) is 7.31. The molecule has 5 heteroatoms. The zero-order chi connectivity index (χ0) is 25.2. The van der Waals surface area contributed by atoms with Crippen LogP contribution in [0.2, 0.25) is 0 Å². The number of amides is 1. The summed E-state index contributed by atoms with van der Waals surface area (Å²) in [5.74, 6) is 0.839. The van der Waals surface area contributed by atoms with Crippen LogP contribution in [0, 0.1) is 6.92 Å². The van der Waals surface area contributed by atoms with E-state index in [9.17, 15) is 4.79 Å². The normalized spacial score (nSPS) is 15.1. The van der Waals surface area contributed by atoms with E-state index in [4.69, 9.17) is 9.15 Å². The molecule has 1 aromatic heterocycles. The summed E-state index contributed by atoms with van der Waals surface area (Å²) in [6.45, 7) is 13.1. The van der Waals surface area contributed by atoms with Gasteiger partial charge in [0.1, 0.15) is 11.3 Å². The van der Waals surface area contributed by atoms with Crippen molar-refractivity contribution in [3.8, 4) is 16.9 Å². The lowest BCUT2D eigenvalue weighted by Gasteiger charge is -2.33. The molecule has 0 saturated carbocycles. The second-order valence-corrected chi connectivity index (χ2v) is 9.45. The molecule has 36 heavy (non-hydrogen) atoms. The number of hydrogen-bond acceptors (Lipinski definition) is 4. The summed E-state index contributed by atoms with van der Waals surface area (Å²) in [6, 6.07) is 16.9. The van der Waals surface area contributed by atoms with Gasteiger partial charge in [-0.1, -0.05) is 49.4 Å². The number of ether oxygens (including phenoxy) is 1. The average molecular weight is 483 g/mol. The quantitative estimate of drug-likeness (QED) is 0.293. The molecule has 1 fully saturated rings. The Morgan fingerprint density at radius 3 is 2.50 bits per heavy atom. The molecule has 1 amide bonds. The smallest absolute Gasteiger partial charge is 0.246 e. The second kappa shape index (κ2) is 10.2. The van der Waals surface area contributed by atoms with Crippen molar-refractivity contribution in [2.45, 2.75) is 27.7 Å². The zero-order valence-corrected chi connectivity index (χ0v) is 21.6. The molecular weight excluding hydrogens is 448 g/mol. The van der Waals surface area contributed by atoms with Gasteiger partial charge in [0.05, 0.1) is 12.9 Å². The van der Waals surface area contributed by atoms with Gasteiger partial charge < -0.3 is 19.0 Å². The summed E-state index contributed by atoms with van der Waals surface area (Å²) in [4.78, 5) is 17.5. The van der Waals surface area contributed by atoms with Crippen molar-refractivity contribution in [3.63, 3.8) is 0 Å². The summed E-state index contributed by atoms with van der Waals surface area (Å²) in [6.07, 6.45) is 3.61. The fourth-order valence-corrected chi connectivity index (χ4v) is 5.25. The van der Waals surface area contributed by atoms with Crippen LogP contribution in [0.15, 0.2) is 65.3 Å². The second-order valence-electron chi connectivity index (χ2n) is 9.45. The first-order valence-corrected chi connectivity index (χ1v) is 12.9. The van der Waals surface area contributed by atoms with Gasteiger partial charge in [-0.2, -0.15) is 0 Å². The van der Waals surface area contributed by atoms with E-state index in [1.54, 1.807) is 6.08 Å². The SMILES string of the molecule is CCOc1c(/C(C)=C/C(=O)N2CCN(CC)CC2)cc2c(-c3cccc4ccccc34)coc2c1C. The standard InChI is InChI=1S/C31H34N2O3/c1-5-32-14-16-33(17-15-32)29(34)18-21(3)26-19-27-28(20-36-31(27)22(4)30(26)35-6-2)25-13-9-11-23-10-7-8-12-24(23)25/h7-13,18-20H,5-6,14-17H2,1-4H3/b21-18+. The number of rotatable bonds is 6. The number of likely N-dealkylation sites (N-methyl/N-ethyl adjacent to an activating group) is 1. The molecule has 1 aliphatic rings. The fraction of sp³-hybridized carbons (Fsp3) is 0.323. The van der Waals surface area contributed by atoms with Crippen LogP contribution in [0.4, 0.5) is 0 Å². The highest BCUT2D eigenvalue weighted by Crippen LogP contribution is 2.42. The Morgan fingerprint density at radius 2 is 1.75 bits per heavy atom. The molecule has 5 rings (SSSR count). The lowest BCUT2D eigenvalue weighted by atomic mass is 9.94. The van der Waals surface area contributed by atoms with Crippen LogP contribution >= 0.6 is 0 Å². The molecule has 3 aromatic carbocycles. The summed E-state index contributed by atoms with van der Waals surface area (Å²) < 4.78 is 12.2. The van der Waals surface area contributed by atoms with Crippen molar-refractivity contribution in [2.24, 2.45) is 0 Å². The first-order chi connectivity index (χ1) is 17.5. The van der Waals surface area contributed by atoms with E-state index < -0.39 is 0 Å². The molecule has 0 atom stereocenters. The van der Waals surface area contributed by atoms with Gasteiger partial charge in [0.2, 0.25) is 5.91 Å². The van der Waals surface area contributed by atoms with E-state index in [-0.39, 0.29) is 5.91 Å². The minimum Gasteiger partial charge on any atom is -0.493 e. The Morgan fingerprint density at radius 1 is 1.00 bits per heavy atom. The van der Waals surface area contributed by atoms with E-state index in [0.717, 1.165) is 77.3 Å². The van der Waals surface area contributed by atoms with Crippen LogP contribution in [0.1, 0.15) is 31.9 Å². The molecule has 0 spiro atoms. The number of aryl methyl sites for hydroxylation is 1. The van der Waals surface area contributed by atoms with Gasteiger partial charge in [-0.05, 0) is 55.3 Å². The van der Waals surface area contributed by atoms with Crippen molar-refractivity contribution in [1.29, 1.82) is 0 Å². The molecule has 186 valence electrons. The maximum Gasteiger partial charge on any atom is 0.246 e. The Hall–Kier alpha value is -3.57. The number of carbonyl (C=O) groups is 1. The maximum atomic E-state index is 13.2. The first-order valence-electron chi connectivity index (χ1n) is 12.9. The van der Waals surface area contributed by atoms with E-state index in [2.05, 4.69) is 60.4 Å². The number of allylic oxidation sites excluding steroid dienone is 1. The molecule has 4 aromatic rings. The Labute approximate surface area is 212 Å². The molecule has 0 aliphatic carbocycles. The summed E-state index contributed by atoms with van der Waals surface area (Å²) >= 11 is 0. The van der Waals surface area contributed by atoms with Crippen LogP contribution in [-0.2, 0) is 4.79 Å². The third kappa shape index (κ3) is 4.40. The number of furan rings is 1. The lowest BCUT2D eigenvalue weighted by Crippen LogP contribution is -2.48. The largest absolute Gasteiger partial charge is 0.493 e. The van der Waals surface area contributed by atoms with E-state index in [1.807, 2.05) is 31.9 Å². The van der Waals surface area contributed by atoms with Gasteiger partial charge in [0.15, 0.2) is 0 Å². The molecule has 0 bridgehead atoms. The van der Waals surface area contributed by atoms with Gasteiger partial charge in [-0.25, -0.2) is 0 Å². The average Bonchev–Trinajstić information content (AvgIpc) is 3.34. The van der Waals surface area contributed by atoms with Gasteiger partial charge in [-0.15, -0.1) is 0 Å². The fourth-order valence-electron chi connectivity index (χ4n) is 5.25. The van der Waals surface area contributed by atoms with Crippen LogP contribution < -0.4 is 4.74 Å². The van der Waals surface area contributed by atoms with Crippen molar-refractivity contribution in [2.75, 3.05) is 39.3 Å². The predicted molar refractivity (Wildman–Crippen MR) is 147 cm³/mol. The summed E-state index contributed by atoms with van der Waals surface area (Å²) in [5.41, 5.74) is 5.78. The monoisotopic (exact) mass is 482 g/mol. The highest BCUT2D eigenvalue weighted by Gasteiger charge is 2.22. The Balaban J connectivity index is 1.59. The molecule has 0 N–H and O–H groups in total. The zero-order valence-electron chi connectivity index (χ0n) is 21.6. The number of carbonyl (C=O) groups excluding carboxylic acids is 1. The number of hydrogen-bond donors (Lipinski definition) is 0. The molecular formula is C31H34N2O3. The van der Waals surface area contributed by atoms with Gasteiger partial charge >= 0.3 is 0 Å². The van der Waals surface area contributed by atoms with Crippen molar-refractivity contribution in [3.05, 3.63) is 72.0 Å².